The maximum absolute atomic E-state index is 12.8. The summed E-state index contributed by atoms with van der Waals surface area (Å²) < 4.78 is 27.2. The summed E-state index contributed by atoms with van der Waals surface area (Å²) in [6.45, 7) is 1.11. The first kappa shape index (κ1) is 21.9. The third-order valence-electron chi connectivity index (χ3n) is 5.23. The van der Waals surface area contributed by atoms with Gasteiger partial charge >= 0.3 is 0 Å². The summed E-state index contributed by atoms with van der Waals surface area (Å²) in [5.41, 5.74) is 2.44. The number of thioether (sulfide) groups is 1. The smallest absolute Gasteiger partial charge is 0.243 e. The Bertz CT molecular complexity index is 1120. The van der Waals surface area contributed by atoms with Crippen LogP contribution in [0.15, 0.2) is 58.6 Å². The number of hydrogen-bond acceptors (Lipinski definition) is 5. The van der Waals surface area contributed by atoms with Crippen LogP contribution < -0.4 is 5.32 Å². The van der Waals surface area contributed by atoms with Crippen molar-refractivity contribution in [2.75, 3.05) is 24.2 Å². The fourth-order valence-corrected chi connectivity index (χ4v) is 6.00. The highest BCUT2D eigenvalue weighted by atomic mass is 32.2. The predicted octanol–water partition coefficient (Wildman–Crippen LogP) is 4.25. The van der Waals surface area contributed by atoms with Gasteiger partial charge in [-0.1, -0.05) is 36.4 Å². The number of amides is 1. The zero-order valence-electron chi connectivity index (χ0n) is 17.2. The van der Waals surface area contributed by atoms with E-state index >= 15 is 0 Å². The maximum Gasteiger partial charge on any atom is 0.243 e. The first-order valence-corrected chi connectivity index (χ1v) is 12.9. The van der Waals surface area contributed by atoms with Gasteiger partial charge in [-0.15, -0.1) is 0 Å². The van der Waals surface area contributed by atoms with E-state index in [9.17, 15) is 13.2 Å². The highest BCUT2D eigenvalue weighted by molar-refractivity contribution is 7.99. The zero-order chi connectivity index (χ0) is 21.7. The molecule has 3 aromatic rings. The summed E-state index contributed by atoms with van der Waals surface area (Å²) in [6, 6.07) is 14.4. The van der Waals surface area contributed by atoms with Gasteiger partial charge in [0.25, 0.3) is 0 Å². The van der Waals surface area contributed by atoms with E-state index < -0.39 is 10.0 Å². The lowest BCUT2D eigenvalue weighted by atomic mass is 10.2. The largest absolute Gasteiger partial charge is 0.333 e. The van der Waals surface area contributed by atoms with Crippen molar-refractivity contribution in [2.45, 2.75) is 42.2 Å². The summed E-state index contributed by atoms with van der Waals surface area (Å²) in [6.07, 6.45) is 3.90. The van der Waals surface area contributed by atoms with Crippen LogP contribution in [0.3, 0.4) is 0 Å². The molecule has 1 amide bonds. The molecule has 1 saturated heterocycles. The molecule has 1 aliphatic rings. The molecule has 1 aliphatic heterocycles. The molecular weight excluding hydrogens is 432 g/mol. The Balaban J connectivity index is 1.28. The Labute approximate surface area is 186 Å². The van der Waals surface area contributed by atoms with Crippen molar-refractivity contribution in [3.05, 3.63) is 48.5 Å². The fourth-order valence-electron chi connectivity index (χ4n) is 3.61. The highest BCUT2D eigenvalue weighted by Gasteiger charge is 2.26. The molecule has 1 fully saturated rings. The second-order valence-electron chi connectivity index (χ2n) is 7.55. The molecule has 0 aliphatic carbocycles. The van der Waals surface area contributed by atoms with E-state index in [1.165, 1.54) is 4.31 Å². The summed E-state index contributed by atoms with van der Waals surface area (Å²) >= 11 is 1.58. The molecule has 0 unspecified atom stereocenters. The van der Waals surface area contributed by atoms with Gasteiger partial charge in [0, 0.05) is 31.0 Å². The summed E-state index contributed by atoms with van der Waals surface area (Å²) in [5.74, 6) is 0.633. The van der Waals surface area contributed by atoms with E-state index in [-0.39, 0.29) is 10.8 Å². The molecule has 2 N–H and O–H groups in total. The standard InChI is InChI=1S/C22H26N4O3S2/c27-21(12-7-15-30-22-24-19-10-2-3-11-20(19)25-22)23-17-8-6-9-18(16-17)31(28,29)26-13-4-1-5-14-26/h2-3,6,8-11,16H,1,4-5,7,12-15H2,(H,23,27)(H,24,25). The molecule has 0 radical (unpaired) electrons. The highest BCUT2D eigenvalue weighted by Crippen LogP contribution is 2.23. The molecule has 1 aromatic heterocycles. The number of carbonyl (C=O) groups is 1. The van der Waals surface area contributed by atoms with Crippen molar-refractivity contribution < 1.29 is 13.2 Å². The normalized spacial score (nSPS) is 15.2. The van der Waals surface area contributed by atoms with Crippen molar-refractivity contribution in [1.82, 2.24) is 14.3 Å². The quantitative estimate of drug-likeness (QED) is 0.389. The van der Waals surface area contributed by atoms with Crippen LogP contribution in [0.1, 0.15) is 32.1 Å². The minimum absolute atomic E-state index is 0.127. The van der Waals surface area contributed by atoms with Gasteiger partial charge in [0.15, 0.2) is 5.16 Å². The van der Waals surface area contributed by atoms with Crippen LogP contribution in [0, 0.1) is 0 Å². The van der Waals surface area contributed by atoms with E-state index in [4.69, 9.17) is 0 Å². The minimum atomic E-state index is -3.51. The number of aromatic nitrogens is 2. The molecular formula is C22H26N4O3S2. The molecule has 2 heterocycles. The van der Waals surface area contributed by atoms with Gasteiger partial charge < -0.3 is 10.3 Å². The number of rotatable bonds is 8. The van der Waals surface area contributed by atoms with Crippen LogP contribution in [0.5, 0.6) is 0 Å². The Morgan fingerprint density at radius 3 is 2.71 bits per heavy atom. The number of anilines is 1. The minimum Gasteiger partial charge on any atom is -0.333 e. The lowest BCUT2D eigenvalue weighted by molar-refractivity contribution is -0.116. The Morgan fingerprint density at radius 1 is 1.10 bits per heavy atom. The molecule has 0 spiro atoms. The molecule has 7 nitrogen and oxygen atoms in total. The molecule has 164 valence electrons. The third kappa shape index (κ3) is 5.47. The molecule has 0 atom stereocenters. The maximum atomic E-state index is 12.8. The topological polar surface area (TPSA) is 95.2 Å². The number of para-hydroxylation sites is 2. The van der Waals surface area contributed by atoms with Gasteiger partial charge in [0.05, 0.1) is 15.9 Å². The van der Waals surface area contributed by atoms with Crippen LogP contribution in [-0.4, -0.2) is 47.4 Å². The average Bonchev–Trinajstić information content (AvgIpc) is 3.20. The molecule has 31 heavy (non-hydrogen) atoms. The van der Waals surface area contributed by atoms with Crippen LogP contribution >= 0.6 is 11.8 Å². The zero-order valence-corrected chi connectivity index (χ0v) is 18.8. The monoisotopic (exact) mass is 458 g/mol. The first-order chi connectivity index (χ1) is 15.0. The second kappa shape index (κ2) is 9.84. The molecule has 9 heteroatoms. The van der Waals surface area contributed by atoms with Crippen molar-refractivity contribution >= 4 is 44.4 Å². The molecule has 0 saturated carbocycles. The molecule has 4 rings (SSSR count). The van der Waals surface area contributed by atoms with Gasteiger partial charge in [0.2, 0.25) is 15.9 Å². The fraction of sp³-hybridized carbons (Fsp3) is 0.364. The summed E-state index contributed by atoms with van der Waals surface area (Å²) in [7, 11) is -3.51. The van der Waals surface area contributed by atoms with E-state index in [0.717, 1.165) is 41.2 Å². The van der Waals surface area contributed by atoms with E-state index in [1.54, 1.807) is 36.0 Å². The third-order valence-corrected chi connectivity index (χ3v) is 8.08. The summed E-state index contributed by atoms with van der Waals surface area (Å²) in [5, 5.41) is 3.67. The van der Waals surface area contributed by atoms with Gasteiger partial charge in [-0.2, -0.15) is 4.31 Å². The summed E-state index contributed by atoms with van der Waals surface area (Å²) in [4.78, 5) is 20.3. The molecule has 0 bridgehead atoms. The van der Waals surface area contributed by atoms with Gasteiger partial charge in [-0.05, 0) is 49.6 Å². The Kier molecular flexibility index (Phi) is 6.94. The van der Waals surface area contributed by atoms with Crippen molar-refractivity contribution in [2.24, 2.45) is 0 Å². The van der Waals surface area contributed by atoms with Crippen molar-refractivity contribution in [3.63, 3.8) is 0 Å². The van der Waals surface area contributed by atoms with Crippen LogP contribution in [0.2, 0.25) is 0 Å². The van der Waals surface area contributed by atoms with Crippen molar-refractivity contribution in [1.29, 1.82) is 0 Å². The second-order valence-corrected chi connectivity index (χ2v) is 10.6. The van der Waals surface area contributed by atoms with E-state index in [2.05, 4.69) is 15.3 Å². The lowest BCUT2D eigenvalue weighted by Crippen LogP contribution is -2.35. The number of nitrogens with one attached hydrogen (secondary N) is 2. The number of benzene rings is 2. The number of H-pyrrole nitrogens is 1. The van der Waals surface area contributed by atoms with Crippen LogP contribution in [0.25, 0.3) is 11.0 Å². The number of piperidine rings is 1. The van der Waals surface area contributed by atoms with Gasteiger partial charge in [0.1, 0.15) is 0 Å². The van der Waals surface area contributed by atoms with Crippen LogP contribution in [0.4, 0.5) is 5.69 Å². The number of imidazole rings is 1. The Hall–Kier alpha value is -2.36. The van der Waals surface area contributed by atoms with Crippen LogP contribution in [-0.2, 0) is 14.8 Å². The van der Waals surface area contributed by atoms with Gasteiger partial charge in [-0.25, -0.2) is 13.4 Å². The number of hydrogen-bond donors (Lipinski definition) is 2. The SMILES string of the molecule is O=C(CCCSc1nc2ccccc2[nH]1)Nc1cccc(S(=O)(=O)N2CCCCC2)c1. The predicted molar refractivity (Wildman–Crippen MR) is 124 cm³/mol. The van der Waals surface area contributed by atoms with E-state index in [0.29, 0.717) is 31.6 Å². The Morgan fingerprint density at radius 2 is 1.90 bits per heavy atom. The number of nitrogens with zero attached hydrogens (tertiary/aromatic N) is 2. The van der Waals surface area contributed by atoms with E-state index in [1.807, 2.05) is 24.3 Å². The lowest BCUT2D eigenvalue weighted by Gasteiger charge is -2.26. The van der Waals surface area contributed by atoms with Crippen molar-refractivity contribution in [3.8, 4) is 0 Å². The number of carbonyl (C=O) groups excluding carboxylic acids is 1. The van der Waals surface area contributed by atoms with Gasteiger partial charge in [-0.3, -0.25) is 4.79 Å². The number of sulfonamides is 1. The first-order valence-electron chi connectivity index (χ1n) is 10.5. The average molecular weight is 459 g/mol. The number of aromatic amines is 1. The number of fused-ring (bicyclic) bond motifs is 1. The molecule has 2 aromatic carbocycles.